The van der Waals surface area contributed by atoms with Crippen molar-refractivity contribution in [3.8, 4) is 5.75 Å². The van der Waals surface area contributed by atoms with Crippen LogP contribution >= 0.6 is 0 Å². The average Bonchev–Trinajstić information content (AvgIpc) is 2.88. The first-order valence-corrected chi connectivity index (χ1v) is 5.12. The van der Waals surface area contributed by atoms with Gasteiger partial charge in [0.25, 0.3) is 0 Å². The monoisotopic (exact) mass is 228 g/mol. The summed E-state index contributed by atoms with van der Waals surface area (Å²) < 4.78 is 7.02. The van der Waals surface area contributed by atoms with E-state index in [4.69, 9.17) is 4.74 Å². The van der Waals surface area contributed by atoms with Crippen molar-refractivity contribution >= 4 is 6.21 Å². The van der Waals surface area contributed by atoms with Gasteiger partial charge in [0.05, 0.1) is 6.21 Å². The van der Waals surface area contributed by atoms with Crippen molar-refractivity contribution < 1.29 is 4.74 Å². The van der Waals surface area contributed by atoms with E-state index >= 15 is 0 Å². The molecule has 2 rings (SSSR count). The zero-order valence-corrected chi connectivity index (χ0v) is 9.23. The van der Waals surface area contributed by atoms with Crippen molar-refractivity contribution in [2.24, 2.45) is 5.10 Å². The van der Waals surface area contributed by atoms with E-state index in [1.54, 1.807) is 12.3 Å². The Balaban J connectivity index is 2.17. The molecule has 1 aromatic heterocycles. The highest BCUT2D eigenvalue weighted by Gasteiger charge is 1.98. The maximum absolute atomic E-state index is 5.51. The molecule has 0 fully saturated rings. The van der Waals surface area contributed by atoms with Crippen molar-refractivity contribution in [3.05, 3.63) is 55.1 Å². The molecule has 86 valence electrons. The number of aromatic nitrogens is 3. The number of rotatable bonds is 5. The minimum atomic E-state index is 0.470. The fraction of sp³-hybridized carbons (Fsp3) is 0.0833. The smallest absolute Gasteiger partial charge is 0.141 e. The van der Waals surface area contributed by atoms with Crippen LogP contribution in [0.5, 0.6) is 5.75 Å². The highest BCUT2D eigenvalue weighted by molar-refractivity contribution is 5.83. The van der Waals surface area contributed by atoms with Crippen LogP contribution in [0.4, 0.5) is 0 Å². The number of hydrogen-bond acceptors (Lipinski definition) is 4. The zero-order chi connectivity index (χ0) is 11.9. The van der Waals surface area contributed by atoms with Gasteiger partial charge in [0.15, 0.2) is 0 Å². The largest absolute Gasteiger partial charge is 0.489 e. The molecule has 0 aliphatic heterocycles. The summed E-state index contributed by atoms with van der Waals surface area (Å²) in [6.07, 6.45) is 6.43. The van der Waals surface area contributed by atoms with E-state index in [9.17, 15) is 0 Å². The maximum atomic E-state index is 5.51. The van der Waals surface area contributed by atoms with Gasteiger partial charge in [-0.25, -0.2) is 4.68 Å². The molecule has 0 saturated heterocycles. The molecule has 0 aliphatic carbocycles. The molecule has 0 spiro atoms. The lowest BCUT2D eigenvalue weighted by Crippen LogP contribution is -1.97. The van der Waals surface area contributed by atoms with Crippen LogP contribution in [0.3, 0.4) is 0 Å². The predicted octanol–water partition coefficient (Wildman–Crippen LogP) is 1.73. The lowest BCUT2D eigenvalue weighted by Gasteiger charge is -2.05. The first-order chi connectivity index (χ1) is 8.40. The molecule has 2 aromatic rings. The molecular weight excluding hydrogens is 216 g/mol. The summed E-state index contributed by atoms with van der Waals surface area (Å²) in [5, 5.41) is 11.5. The van der Waals surface area contributed by atoms with Gasteiger partial charge < -0.3 is 4.74 Å². The van der Waals surface area contributed by atoms with Gasteiger partial charge in [-0.05, 0) is 12.1 Å². The van der Waals surface area contributed by atoms with Crippen molar-refractivity contribution in [3.63, 3.8) is 0 Å². The third kappa shape index (κ3) is 3.01. The first kappa shape index (κ1) is 11.1. The van der Waals surface area contributed by atoms with Crippen molar-refractivity contribution in [1.29, 1.82) is 0 Å². The van der Waals surface area contributed by atoms with Gasteiger partial charge in [-0.1, -0.05) is 24.8 Å². The summed E-state index contributed by atoms with van der Waals surface area (Å²) in [6, 6.07) is 7.64. The Hall–Kier alpha value is -2.43. The van der Waals surface area contributed by atoms with E-state index in [2.05, 4.69) is 21.9 Å². The first-order valence-electron chi connectivity index (χ1n) is 5.12. The molecular formula is C12H12N4O. The molecule has 0 aliphatic rings. The average molecular weight is 228 g/mol. The molecule has 1 heterocycles. The number of benzene rings is 1. The van der Waals surface area contributed by atoms with Gasteiger partial charge in [-0.3, -0.25) is 0 Å². The fourth-order valence-electron chi connectivity index (χ4n) is 1.25. The molecule has 1 aromatic carbocycles. The highest BCUT2D eigenvalue weighted by atomic mass is 16.5. The van der Waals surface area contributed by atoms with Crippen molar-refractivity contribution in [1.82, 2.24) is 14.9 Å². The fourth-order valence-corrected chi connectivity index (χ4v) is 1.25. The third-order valence-corrected chi connectivity index (χ3v) is 2.01. The number of hydrogen-bond donors (Lipinski definition) is 0. The lowest BCUT2D eigenvalue weighted by atomic mass is 10.2. The van der Waals surface area contributed by atoms with E-state index in [0.29, 0.717) is 6.61 Å². The summed E-state index contributed by atoms with van der Waals surface area (Å²) in [6.45, 7) is 4.08. The van der Waals surface area contributed by atoms with Gasteiger partial charge in [0.1, 0.15) is 25.0 Å². The molecule has 17 heavy (non-hydrogen) atoms. The minimum Gasteiger partial charge on any atom is -0.489 e. The summed E-state index contributed by atoms with van der Waals surface area (Å²) in [5.74, 6) is 0.768. The molecule has 0 amide bonds. The standard InChI is InChI=1S/C12H12N4O/c1-2-7-17-12-6-4-3-5-11(12)8-15-16-9-13-14-10-16/h2-6,8-10H,1,7H2. The van der Waals surface area contributed by atoms with Gasteiger partial charge >= 0.3 is 0 Å². The second-order valence-corrected chi connectivity index (χ2v) is 3.22. The molecule has 5 nitrogen and oxygen atoms in total. The van der Waals surface area contributed by atoms with Gasteiger partial charge in [-0.15, -0.1) is 10.2 Å². The normalized spacial score (nSPS) is 10.6. The lowest BCUT2D eigenvalue weighted by molar-refractivity contribution is 0.362. The van der Waals surface area contributed by atoms with Crippen LogP contribution < -0.4 is 4.74 Å². The van der Waals surface area contributed by atoms with Crippen LogP contribution in [-0.2, 0) is 0 Å². The quantitative estimate of drug-likeness (QED) is 0.578. The van der Waals surface area contributed by atoms with E-state index in [1.165, 1.54) is 17.3 Å². The molecule has 0 radical (unpaired) electrons. The molecule has 5 heteroatoms. The Morgan fingerprint density at radius 1 is 1.29 bits per heavy atom. The summed E-state index contributed by atoms with van der Waals surface area (Å²) in [4.78, 5) is 0. The molecule has 0 saturated carbocycles. The third-order valence-electron chi connectivity index (χ3n) is 2.01. The Bertz CT molecular complexity index is 505. The highest BCUT2D eigenvalue weighted by Crippen LogP contribution is 2.15. The van der Waals surface area contributed by atoms with Crippen LogP contribution in [0.2, 0.25) is 0 Å². The second kappa shape index (κ2) is 5.60. The Labute approximate surface area is 99.1 Å². The van der Waals surface area contributed by atoms with Gasteiger partial charge in [0, 0.05) is 5.56 Å². The number of para-hydroxylation sites is 1. The Morgan fingerprint density at radius 3 is 2.82 bits per heavy atom. The molecule has 0 atom stereocenters. The van der Waals surface area contributed by atoms with Crippen LogP contribution in [0.15, 0.2) is 54.7 Å². The maximum Gasteiger partial charge on any atom is 0.141 e. The van der Waals surface area contributed by atoms with E-state index in [0.717, 1.165) is 11.3 Å². The summed E-state index contributed by atoms with van der Waals surface area (Å²) in [7, 11) is 0. The zero-order valence-electron chi connectivity index (χ0n) is 9.23. The van der Waals surface area contributed by atoms with Gasteiger partial charge in [0.2, 0.25) is 0 Å². The molecule has 0 N–H and O–H groups in total. The van der Waals surface area contributed by atoms with E-state index < -0.39 is 0 Å². The minimum absolute atomic E-state index is 0.470. The SMILES string of the molecule is C=CCOc1ccccc1C=Nn1cnnc1. The van der Waals surface area contributed by atoms with Crippen LogP contribution in [0.25, 0.3) is 0 Å². The van der Waals surface area contributed by atoms with Crippen LogP contribution in [0, 0.1) is 0 Å². The summed E-state index contributed by atoms with van der Waals surface area (Å²) in [5.41, 5.74) is 0.892. The Morgan fingerprint density at radius 2 is 2.06 bits per heavy atom. The van der Waals surface area contributed by atoms with E-state index in [1.807, 2.05) is 24.3 Å². The van der Waals surface area contributed by atoms with Gasteiger partial charge in [-0.2, -0.15) is 5.10 Å². The molecule has 0 bridgehead atoms. The number of ether oxygens (including phenoxy) is 1. The second-order valence-electron chi connectivity index (χ2n) is 3.22. The predicted molar refractivity (Wildman–Crippen MR) is 65.1 cm³/mol. The topological polar surface area (TPSA) is 52.3 Å². The Kier molecular flexibility index (Phi) is 3.64. The van der Waals surface area contributed by atoms with Crippen LogP contribution in [-0.4, -0.2) is 27.7 Å². The number of nitrogens with zero attached hydrogens (tertiary/aromatic N) is 4. The van der Waals surface area contributed by atoms with Crippen molar-refractivity contribution in [2.45, 2.75) is 0 Å². The van der Waals surface area contributed by atoms with Crippen molar-refractivity contribution in [2.75, 3.05) is 6.61 Å². The van der Waals surface area contributed by atoms with E-state index in [-0.39, 0.29) is 0 Å². The van der Waals surface area contributed by atoms with Crippen LogP contribution in [0.1, 0.15) is 5.56 Å². The summed E-state index contributed by atoms with van der Waals surface area (Å²) >= 11 is 0. The molecule has 0 unspecified atom stereocenters.